The quantitative estimate of drug-likeness (QED) is 0.700. The van der Waals surface area contributed by atoms with E-state index in [4.69, 9.17) is 0 Å². The molecule has 0 saturated heterocycles. The van der Waals surface area contributed by atoms with E-state index in [0.717, 1.165) is 31.1 Å². The number of aliphatic hydroxyl groups is 2. The van der Waals surface area contributed by atoms with Crippen molar-refractivity contribution in [1.82, 2.24) is 0 Å². The fourth-order valence-corrected chi connectivity index (χ4v) is 6.41. The van der Waals surface area contributed by atoms with Crippen LogP contribution in [0.2, 0.25) is 0 Å². The van der Waals surface area contributed by atoms with Crippen molar-refractivity contribution < 1.29 is 10.2 Å². The van der Waals surface area contributed by atoms with Gasteiger partial charge in [-0.25, -0.2) is 0 Å². The van der Waals surface area contributed by atoms with Gasteiger partial charge in [0.25, 0.3) is 0 Å². The number of allylic oxidation sites excluding steroid dienone is 3. The molecule has 2 N–H and O–H groups in total. The summed E-state index contributed by atoms with van der Waals surface area (Å²) in [5.41, 5.74) is 1.66. The van der Waals surface area contributed by atoms with E-state index < -0.39 is 0 Å². The highest BCUT2D eigenvalue weighted by Crippen LogP contribution is 2.62. The maximum absolute atomic E-state index is 10.5. The smallest absolute Gasteiger partial charge is 0.111 e. The average molecular weight is 288 g/mol. The SMILES string of the molecule is C[C@@H]1CC2=CC(O)=CCC2C2CCC3(C)C(O)CCC3C21. The second-order valence-corrected chi connectivity index (χ2v) is 8.36. The Morgan fingerprint density at radius 3 is 2.86 bits per heavy atom. The Morgan fingerprint density at radius 2 is 2.05 bits per heavy atom. The van der Waals surface area contributed by atoms with Gasteiger partial charge in [-0.3, -0.25) is 0 Å². The van der Waals surface area contributed by atoms with Crippen LogP contribution in [0.3, 0.4) is 0 Å². The molecular weight excluding hydrogens is 260 g/mol. The third kappa shape index (κ3) is 1.87. The third-order valence-corrected chi connectivity index (χ3v) is 7.46. The Labute approximate surface area is 127 Å². The number of fused-ring (bicyclic) bond motifs is 5. The normalized spacial score (nSPS) is 52.3. The minimum atomic E-state index is -0.0807. The average Bonchev–Trinajstić information content (AvgIpc) is 2.74. The molecule has 4 rings (SSSR count). The van der Waals surface area contributed by atoms with Crippen LogP contribution in [0.15, 0.2) is 23.5 Å². The first-order valence-corrected chi connectivity index (χ1v) is 8.78. The molecule has 3 fully saturated rings. The zero-order valence-corrected chi connectivity index (χ0v) is 13.3. The molecular formula is C19H28O2. The van der Waals surface area contributed by atoms with Gasteiger partial charge < -0.3 is 10.2 Å². The lowest BCUT2D eigenvalue weighted by Crippen LogP contribution is -2.49. The van der Waals surface area contributed by atoms with Gasteiger partial charge in [-0.05, 0) is 85.7 Å². The lowest BCUT2D eigenvalue weighted by atomic mass is 9.50. The Balaban J connectivity index is 1.67. The fourth-order valence-electron chi connectivity index (χ4n) is 6.41. The maximum Gasteiger partial charge on any atom is 0.111 e. The summed E-state index contributed by atoms with van der Waals surface area (Å²) in [6.07, 6.45) is 10.8. The molecule has 0 aromatic carbocycles. The van der Waals surface area contributed by atoms with Crippen LogP contribution in [-0.2, 0) is 0 Å². The summed E-state index contributed by atoms with van der Waals surface area (Å²) in [6, 6.07) is 0. The van der Waals surface area contributed by atoms with Crippen molar-refractivity contribution in [1.29, 1.82) is 0 Å². The summed E-state index contributed by atoms with van der Waals surface area (Å²) in [4.78, 5) is 0. The van der Waals surface area contributed by atoms with Gasteiger partial charge in [-0.15, -0.1) is 0 Å². The summed E-state index contributed by atoms with van der Waals surface area (Å²) in [7, 11) is 0. The first-order valence-electron chi connectivity index (χ1n) is 8.78. The Morgan fingerprint density at radius 1 is 1.24 bits per heavy atom. The van der Waals surface area contributed by atoms with Crippen molar-refractivity contribution in [3.8, 4) is 0 Å². The lowest BCUT2D eigenvalue weighted by Gasteiger charge is -2.55. The summed E-state index contributed by atoms with van der Waals surface area (Å²) in [5.74, 6) is 4.08. The maximum atomic E-state index is 10.5. The molecule has 0 heterocycles. The number of hydrogen-bond donors (Lipinski definition) is 2. The van der Waals surface area contributed by atoms with Crippen molar-refractivity contribution in [3.63, 3.8) is 0 Å². The van der Waals surface area contributed by atoms with E-state index in [9.17, 15) is 10.2 Å². The fraction of sp³-hybridized carbons (Fsp3) is 0.789. The largest absolute Gasteiger partial charge is 0.508 e. The highest BCUT2D eigenvalue weighted by atomic mass is 16.3. The number of aliphatic hydroxyl groups excluding tert-OH is 2. The minimum absolute atomic E-state index is 0.0807. The van der Waals surface area contributed by atoms with Gasteiger partial charge in [-0.2, -0.15) is 0 Å². The lowest BCUT2D eigenvalue weighted by molar-refractivity contribution is -0.0688. The summed E-state index contributed by atoms with van der Waals surface area (Å²) < 4.78 is 0. The summed E-state index contributed by atoms with van der Waals surface area (Å²) >= 11 is 0. The molecule has 0 spiro atoms. The predicted octanol–water partition coefficient (Wildman–Crippen LogP) is 4.22. The minimum Gasteiger partial charge on any atom is -0.508 e. The third-order valence-electron chi connectivity index (χ3n) is 7.46. The van der Waals surface area contributed by atoms with Crippen LogP contribution in [0.5, 0.6) is 0 Å². The Bertz CT molecular complexity index is 506. The van der Waals surface area contributed by atoms with E-state index in [1.165, 1.54) is 24.8 Å². The first-order chi connectivity index (χ1) is 10.0. The van der Waals surface area contributed by atoms with Gasteiger partial charge in [0, 0.05) is 0 Å². The van der Waals surface area contributed by atoms with Crippen molar-refractivity contribution >= 4 is 0 Å². The van der Waals surface area contributed by atoms with Gasteiger partial charge in [0.2, 0.25) is 0 Å². The number of rotatable bonds is 0. The van der Waals surface area contributed by atoms with Crippen LogP contribution in [-0.4, -0.2) is 16.3 Å². The highest BCUT2D eigenvalue weighted by Gasteiger charge is 2.57. The van der Waals surface area contributed by atoms with E-state index in [2.05, 4.69) is 13.8 Å². The van der Waals surface area contributed by atoms with Gasteiger partial charge in [0.1, 0.15) is 5.76 Å². The van der Waals surface area contributed by atoms with E-state index in [0.29, 0.717) is 23.5 Å². The zero-order valence-electron chi connectivity index (χ0n) is 13.3. The van der Waals surface area contributed by atoms with Gasteiger partial charge in [0.05, 0.1) is 6.10 Å². The second-order valence-electron chi connectivity index (χ2n) is 8.36. The van der Waals surface area contributed by atoms with E-state index in [-0.39, 0.29) is 11.5 Å². The van der Waals surface area contributed by atoms with Crippen LogP contribution in [0, 0.1) is 35.0 Å². The molecule has 0 amide bonds. The van der Waals surface area contributed by atoms with Crippen molar-refractivity contribution in [3.05, 3.63) is 23.5 Å². The molecule has 3 saturated carbocycles. The molecule has 7 atom stereocenters. The van der Waals surface area contributed by atoms with E-state index >= 15 is 0 Å². The molecule has 6 unspecified atom stereocenters. The molecule has 116 valence electrons. The van der Waals surface area contributed by atoms with Crippen LogP contribution in [0.1, 0.15) is 52.4 Å². The predicted molar refractivity (Wildman–Crippen MR) is 83.7 cm³/mol. The summed E-state index contributed by atoms with van der Waals surface area (Å²) in [5, 5.41) is 20.3. The van der Waals surface area contributed by atoms with Crippen molar-refractivity contribution in [2.24, 2.45) is 35.0 Å². The van der Waals surface area contributed by atoms with Gasteiger partial charge in [0.15, 0.2) is 0 Å². The molecule has 0 bridgehead atoms. The molecule has 2 heteroatoms. The number of hydrogen-bond acceptors (Lipinski definition) is 2. The van der Waals surface area contributed by atoms with Crippen LogP contribution in [0.25, 0.3) is 0 Å². The Hall–Kier alpha value is -0.760. The van der Waals surface area contributed by atoms with Crippen LogP contribution in [0.4, 0.5) is 0 Å². The van der Waals surface area contributed by atoms with Gasteiger partial charge in [-0.1, -0.05) is 19.4 Å². The molecule has 21 heavy (non-hydrogen) atoms. The monoisotopic (exact) mass is 288 g/mol. The van der Waals surface area contributed by atoms with E-state index in [1.807, 2.05) is 12.2 Å². The molecule has 4 aliphatic rings. The standard InChI is InChI=1S/C19H28O2/c1-11-9-12-10-13(20)3-4-14(12)15-7-8-19(2)16(18(11)15)5-6-17(19)21/h3,10-11,14-18,20-21H,4-9H2,1-2H3/t11-,14?,15?,16?,17?,18?,19?/m1/s1. The summed E-state index contributed by atoms with van der Waals surface area (Å²) in [6.45, 7) is 4.75. The van der Waals surface area contributed by atoms with Gasteiger partial charge >= 0.3 is 0 Å². The molecule has 4 aliphatic carbocycles. The molecule has 0 aromatic heterocycles. The molecule has 0 aliphatic heterocycles. The molecule has 0 aromatic rings. The van der Waals surface area contributed by atoms with Crippen molar-refractivity contribution in [2.75, 3.05) is 0 Å². The Kier molecular flexibility index (Phi) is 3.05. The second kappa shape index (κ2) is 4.62. The molecule has 0 radical (unpaired) electrons. The highest BCUT2D eigenvalue weighted by molar-refractivity contribution is 5.29. The van der Waals surface area contributed by atoms with Crippen molar-refractivity contribution in [2.45, 2.75) is 58.5 Å². The molecule has 2 nitrogen and oxygen atoms in total. The first kappa shape index (κ1) is 13.9. The zero-order chi connectivity index (χ0) is 14.8. The van der Waals surface area contributed by atoms with Crippen LogP contribution < -0.4 is 0 Å². The van der Waals surface area contributed by atoms with Crippen LogP contribution >= 0.6 is 0 Å². The van der Waals surface area contributed by atoms with E-state index in [1.54, 1.807) is 0 Å². The topological polar surface area (TPSA) is 40.5 Å².